The van der Waals surface area contributed by atoms with Crippen LogP contribution in [0.1, 0.15) is 18.6 Å². The molecule has 0 saturated heterocycles. The van der Waals surface area contributed by atoms with Gasteiger partial charge in [-0.25, -0.2) is 0 Å². The topological polar surface area (TPSA) is 72.6 Å². The minimum absolute atomic E-state index is 0.434. The van der Waals surface area contributed by atoms with E-state index < -0.39 is 17.1 Å². The third-order valence-corrected chi connectivity index (χ3v) is 2.25. The second kappa shape index (κ2) is 4.75. The maximum atomic E-state index is 10.5. The van der Waals surface area contributed by atoms with Crippen LogP contribution in [0.3, 0.4) is 0 Å². The van der Waals surface area contributed by atoms with Gasteiger partial charge >= 0.3 is 0 Å². The van der Waals surface area contributed by atoms with Crippen LogP contribution < -0.4 is 4.74 Å². The lowest BCUT2D eigenvalue weighted by molar-refractivity contribution is -0.531. The molecule has 0 heterocycles. The van der Waals surface area contributed by atoms with E-state index >= 15 is 0 Å². The van der Waals surface area contributed by atoms with Crippen molar-refractivity contribution in [3.63, 3.8) is 0 Å². The average Bonchev–Trinajstić information content (AvgIpc) is 2.26. The molecule has 0 radical (unpaired) electrons. The summed E-state index contributed by atoms with van der Waals surface area (Å²) in [5.74, 6) is 0.457. The fourth-order valence-corrected chi connectivity index (χ4v) is 1.29. The molecule has 1 aromatic carbocycles. The van der Waals surface area contributed by atoms with Crippen molar-refractivity contribution in [2.24, 2.45) is 0 Å². The van der Waals surface area contributed by atoms with Gasteiger partial charge in [0.25, 0.3) is 0 Å². The van der Waals surface area contributed by atoms with Gasteiger partial charge in [-0.2, -0.15) is 0 Å². The summed E-state index contributed by atoms with van der Waals surface area (Å²) >= 11 is 0. The lowest BCUT2D eigenvalue weighted by Gasteiger charge is -2.15. The van der Waals surface area contributed by atoms with Crippen LogP contribution in [0.5, 0.6) is 5.75 Å². The van der Waals surface area contributed by atoms with Gasteiger partial charge in [0.1, 0.15) is 11.9 Å². The van der Waals surface area contributed by atoms with Crippen LogP contribution in [0.25, 0.3) is 0 Å². The zero-order valence-electron chi connectivity index (χ0n) is 8.58. The van der Waals surface area contributed by atoms with Crippen LogP contribution in [-0.2, 0) is 0 Å². The summed E-state index contributed by atoms with van der Waals surface area (Å²) in [6, 6.07) is 5.66. The van der Waals surface area contributed by atoms with Crippen molar-refractivity contribution in [3.05, 3.63) is 39.9 Å². The molecule has 1 aromatic rings. The smallest absolute Gasteiger partial charge is 0.240 e. The molecule has 1 rings (SSSR count). The molecule has 0 aliphatic heterocycles. The predicted octanol–water partition coefficient (Wildman–Crippen LogP) is 1.39. The van der Waals surface area contributed by atoms with Gasteiger partial charge in [0.2, 0.25) is 6.04 Å². The van der Waals surface area contributed by atoms with E-state index in [1.165, 1.54) is 14.0 Å². The highest BCUT2D eigenvalue weighted by Crippen LogP contribution is 2.27. The van der Waals surface area contributed by atoms with Gasteiger partial charge in [0.05, 0.1) is 7.11 Å². The molecule has 0 bridgehead atoms. The Balaban J connectivity index is 2.99. The SMILES string of the molecule is COc1ccccc1[C@H](O)[C@H](C)[N+](=O)[O-]. The molecular weight excluding hydrogens is 198 g/mol. The van der Waals surface area contributed by atoms with Crippen LogP contribution in [-0.4, -0.2) is 23.2 Å². The van der Waals surface area contributed by atoms with Gasteiger partial charge in [-0.15, -0.1) is 0 Å². The van der Waals surface area contributed by atoms with Gasteiger partial charge < -0.3 is 9.84 Å². The fraction of sp³-hybridized carbons (Fsp3) is 0.400. The molecule has 2 atom stereocenters. The van der Waals surface area contributed by atoms with Crippen molar-refractivity contribution in [2.75, 3.05) is 7.11 Å². The number of nitrogens with zero attached hydrogens (tertiary/aromatic N) is 1. The first-order chi connectivity index (χ1) is 7.07. The first-order valence-electron chi connectivity index (χ1n) is 4.52. The van der Waals surface area contributed by atoms with E-state index in [0.717, 1.165) is 0 Å². The van der Waals surface area contributed by atoms with E-state index in [1.54, 1.807) is 24.3 Å². The molecule has 5 nitrogen and oxygen atoms in total. The minimum atomic E-state index is -1.16. The highest BCUT2D eigenvalue weighted by Gasteiger charge is 2.27. The van der Waals surface area contributed by atoms with Crippen LogP contribution in [0.2, 0.25) is 0 Å². The van der Waals surface area contributed by atoms with Gasteiger partial charge in [-0.1, -0.05) is 18.2 Å². The number of para-hydroxylation sites is 1. The van der Waals surface area contributed by atoms with E-state index in [1.807, 2.05) is 0 Å². The lowest BCUT2D eigenvalue weighted by atomic mass is 10.0. The Morgan fingerprint density at radius 3 is 2.60 bits per heavy atom. The summed E-state index contributed by atoms with van der Waals surface area (Å²) in [4.78, 5) is 10.0. The third-order valence-electron chi connectivity index (χ3n) is 2.25. The Bertz CT molecular complexity index is 353. The number of ether oxygens (including phenoxy) is 1. The Kier molecular flexibility index (Phi) is 3.62. The molecule has 82 valence electrons. The number of aliphatic hydroxyl groups is 1. The normalized spacial score (nSPS) is 14.3. The number of benzene rings is 1. The van der Waals surface area contributed by atoms with Crippen LogP contribution in [0.15, 0.2) is 24.3 Å². The number of hydrogen-bond acceptors (Lipinski definition) is 4. The second-order valence-corrected chi connectivity index (χ2v) is 3.21. The maximum Gasteiger partial charge on any atom is 0.240 e. The number of rotatable bonds is 4. The molecule has 0 spiro atoms. The van der Waals surface area contributed by atoms with E-state index in [0.29, 0.717) is 11.3 Å². The highest BCUT2D eigenvalue weighted by molar-refractivity contribution is 5.35. The Labute approximate surface area is 87.5 Å². The molecule has 1 N–H and O–H groups in total. The zero-order valence-corrected chi connectivity index (χ0v) is 8.58. The lowest BCUT2D eigenvalue weighted by Crippen LogP contribution is -2.24. The molecule has 0 amide bonds. The van der Waals surface area contributed by atoms with Gasteiger partial charge in [-0.05, 0) is 6.07 Å². The molecule has 0 aromatic heterocycles. The highest BCUT2D eigenvalue weighted by atomic mass is 16.6. The summed E-state index contributed by atoms with van der Waals surface area (Å²) in [5.41, 5.74) is 0.434. The Morgan fingerprint density at radius 1 is 1.47 bits per heavy atom. The maximum absolute atomic E-state index is 10.5. The van der Waals surface area contributed by atoms with Gasteiger partial charge in [0.15, 0.2) is 0 Å². The van der Waals surface area contributed by atoms with E-state index in [9.17, 15) is 15.2 Å². The van der Waals surface area contributed by atoms with Crippen molar-refractivity contribution in [2.45, 2.75) is 19.1 Å². The molecule has 5 heteroatoms. The Hall–Kier alpha value is -1.62. The first-order valence-corrected chi connectivity index (χ1v) is 4.52. The molecular formula is C10H13NO4. The quantitative estimate of drug-likeness (QED) is 0.603. The summed E-state index contributed by atoms with van der Waals surface area (Å²) in [7, 11) is 1.46. The van der Waals surface area contributed by atoms with Gasteiger partial charge in [-0.3, -0.25) is 10.1 Å². The van der Waals surface area contributed by atoms with Crippen molar-refractivity contribution < 1.29 is 14.8 Å². The summed E-state index contributed by atoms with van der Waals surface area (Å²) in [5, 5.41) is 20.3. The molecule has 0 aliphatic carbocycles. The second-order valence-electron chi connectivity index (χ2n) is 3.21. The number of nitro groups is 1. The van der Waals surface area contributed by atoms with Crippen molar-refractivity contribution >= 4 is 0 Å². The average molecular weight is 211 g/mol. The van der Waals surface area contributed by atoms with Crippen LogP contribution in [0, 0.1) is 10.1 Å². The van der Waals surface area contributed by atoms with E-state index in [-0.39, 0.29) is 0 Å². The monoisotopic (exact) mass is 211 g/mol. The molecule has 0 unspecified atom stereocenters. The van der Waals surface area contributed by atoms with Crippen LogP contribution in [0.4, 0.5) is 0 Å². The largest absolute Gasteiger partial charge is 0.496 e. The van der Waals surface area contributed by atoms with Crippen LogP contribution >= 0.6 is 0 Å². The fourth-order valence-electron chi connectivity index (χ4n) is 1.29. The number of methoxy groups -OCH3 is 1. The summed E-state index contributed by atoms with van der Waals surface area (Å²) in [6.45, 7) is 1.36. The van der Waals surface area contributed by atoms with Crippen molar-refractivity contribution in [1.82, 2.24) is 0 Å². The third kappa shape index (κ3) is 2.44. The Morgan fingerprint density at radius 2 is 2.07 bits per heavy atom. The molecule has 0 saturated carbocycles. The molecule has 0 aliphatic rings. The molecule has 0 fully saturated rings. The van der Waals surface area contributed by atoms with Crippen molar-refractivity contribution in [3.8, 4) is 5.75 Å². The molecule has 15 heavy (non-hydrogen) atoms. The summed E-state index contributed by atoms with van der Waals surface area (Å²) < 4.78 is 5.01. The van der Waals surface area contributed by atoms with E-state index in [4.69, 9.17) is 4.74 Å². The zero-order chi connectivity index (χ0) is 11.4. The van der Waals surface area contributed by atoms with Crippen molar-refractivity contribution in [1.29, 1.82) is 0 Å². The summed E-state index contributed by atoms with van der Waals surface area (Å²) in [6.07, 6.45) is -1.16. The number of aliphatic hydroxyl groups excluding tert-OH is 1. The minimum Gasteiger partial charge on any atom is -0.496 e. The van der Waals surface area contributed by atoms with E-state index in [2.05, 4.69) is 0 Å². The van der Waals surface area contributed by atoms with Gasteiger partial charge in [0, 0.05) is 17.4 Å². The first kappa shape index (κ1) is 11.5. The standard InChI is InChI=1S/C10H13NO4/c1-7(11(13)14)10(12)8-5-3-4-6-9(8)15-2/h3-7,10,12H,1-2H3/t7-,10+/m0/s1. The predicted molar refractivity (Wildman–Crippen MR) is 54.4 cm³/mol. The number of hydrogen-bond donors (Lipinski definition) is 1.